The van der Waals surface area contributed by atoms with Gasteiger partial charge in [-0.25, -0.2) is 4.79 Å². The monoisotopic (exact) mass is 379 g/mol. The van der Waals surface area contributed by atoms with E-state index < -0.39 is 12.0 Å². The van der Waals surface area contributed by atoms with Gasteiger partial charge in [0.15, 0.2) is 6.29 Å². The van der Waals surface area contributed by atoms with E-state index in [0.717, 1.165) is 5.56 Å². The predicted octanol–water partition coefficient (Wildman–Crippen LogP) is 2.65. The van der Waals surface area contributed by atoms with Crippen LogP contribution in [-0.2, 0) is 20.8 Å². The standard InChI is InChI=1S/C18H22ClN3O4/c1-12(13-4-6-14(19)7-5-13)10-16(23)20-15-8-9-22(18(24)21-15)11-17(25-2)26-3/h4-9,12,17H,10-11H2,1-3H3,(H,20,21,23,24). The third-order valence-corrected chi connectivity index (χ3v) is 4.20. The molecule has 0 saturated heterocycles. The van der Waals surface area contributed by atoms with Crippen LogP contribution in [0.3, 0.4) is 0 Å². The van der Waals surface area contributed by atoms with E-state index in [2.05, 4.69) is 10.3 Å². The van der Waals surface area contributed by atoms with E-state index in [1.165, 1.54) is 18.8 Å². The zero-order valence-corrected chi connectivity index (χ0v) is 15.7. The number of anilines is 1. The number of benzene rings is 1. The second-order valence-corrected chi connectivity index (χ2v) is 6.29. The summed E-state index contributed by atoms with van der Waals surface area (Å²) in [5.41, 5.74) is 0.519. The second kappa shape index (κ2) is 9.47. The molecule has 0 aliphatic heterocycles. The Morgan fingerprint density at radius 2 is 1.88 bits per heavy atom. The fourth-order valence-electron chi connectivity index (χ4n) is 2.42. The average Bonchev–Trinajstić information content (AvgIpc) is 2.61. The molecule has 0 saturated carbocycles. The lowest BCUT2D eigenvalue weighted by Gasteiger charge is -2.15. The minimum absolute atomic E-state index is 0.0109. The molecule has 0 fully saturated rings. The van der Waals surface area contributed by atoms with Crippen LogP contribution in [0.4, 0.5) is 5.82 Å². The van der Waals surface area contributed by atoms with Crippen molar-refractivity contribution in [2.75, 3.05) is 19.5 Å². The lowest BCUT2D eigenvalue weighted by molar-refractivity contribution is -0.116. The number of aromatic nitrogens is 2. The first-order valence-electron chi connectivity index (χ1n) is 8.11. The van der Waals surface area contributed by atoms with Crippen LogP contribution in [-0.4, -0.2) is 36.0 Å². The number of nitrogens with zero attached hydrogens (tertiary/aromatic N) is 2. The largest absolute Gasteiger partial charge is 0.354 e. The highest BCUT2D eigenvalue weighted by molar-refractivity contribution is 6.30. The molecule has 2 rings (SSSR count). The van der Waals surface area contributed by atoms with Crippen molar-refractivity contribution in [1.82, 2.24) is 9.55 Å². The summed E-state index contributed by atoms with van der Waals surface area (Å²) in [6, 6.07) is 8.93. The Balaban J connectivity index is 1.97. The van der Waals surface area contributed by atoms with Gasteiger partial charge in [-0.2, -0.15) is 4.98 Å². The van der Waals surface area contributed by atoms with Crippen LogP contribution < -0.4 is 11.0 Å². The van der Waals surface area contributed by atoms with Gasteiger partial charge in [-0.15, -0.1) is 0 Å². The lowest BCUT2D eigenvalue weighted by atomic mass is 9.97. The number of ether oxygens (including phenoxy) is 2. The summed E-state index contributed by atoms with van der Waals surface area (Å²) < 4.78 is 11.5. The second-order valence-electron chi connectivity index (χ2n) is 5.85. The molecule has 1 N–H and O–H groups in total. The number of hydrogen-bond acceptors (Lipinski definition) is 5. The molecule has 0 aliphatic rings. The van der Waals surface area contributed by atoms with Crippen molar-refractivity contribution in [1.29, 1.82) is 0 Å². The molecule has 7 nitrogen and oxygen atoms in total. The van der Waals surface area contributed by atoms with Crippen molar-refractivity contribution in [3.05, 3.63) is 57.6 Å². The van der Waals surface area contributed by atoms with Crippen LogP contribution in [0.15, 0.2) is 41.3 Å². The Hall–Kier alpha value is -2.22. The van der Waals surface area contributed by atoms with Crippen molar-refractivity contribution in [2.45, 2.75) is 32.1 Å². The number of carbonyl (C=O) groups excluding carboxylic acids is 1. The maximum atomic E-state index is 12.2. The van der Waals surface area contributed by atoms with Crippen molar-refractivity contribution >= 4 is 23.3 Å². The smallest absolute Gasteiger partial charge is 0.349 e. The van der Waals surface area contributed by atoms with E-state index in [-0.39, 0.29) is 30.6 Å². The topological polar surface area (TPSA) is 82.5 Å². The fraction of sp³-hybridized carbons (Fsp3) is 0.389. The first-order chi connectivity index (χ1) is 12.4. The quantitative estimate of drug-likeness (QED) is 0.713. The van der Waals surface area contributed by atoms with Gasteiger partial charge >= 0.3 is 5.69 Å². The molecular formula is C18H22ClN3O4. The molecule has 26 heavy (non-hydrogen) atoms. The number of amides is 1. The number of hydrogen-bond donors (Lipinski definition) is 1. The van der Waals surface area contributed by atoms with Crippen LogP contribution >= 0.6 is 11.6 Å². The van der Waals surface area contributed by atoms with Gasteiger partial charge in [0.2, 0.25) is 5.91 Å². The summed E-state index contributed by atoms with van der Waals surface area (Å²) in [5, 5.41) is 3.30. The zero-order valence-electron chi connectivity index (χ0n) is 14.9. The van der Waals surface area contributed by atoms with Gasteiger partial charge in [-0.1, -0.05) is 30.7 Å². The van der Waals surface area contributed by atoms with Crippen LogP contribution in [0, 0.1) is 0 Å². The Kier molecular flexibility index (Phi) is 7.32. The van der Waals surface area contributed by atoms with Crippen LogP contribution in [0.25, 0.3) is 0 Å². The van der Waals surface area contributed by atoms with E-state index in [0.29, 0.717) is 5.02 Å². The van der Waals surface area contributed by atoms with Gasteiger partial charge in [0.1, 0.15) is 5.82 Å². The average molecular weight is 380 g/mol. The van der Waals surface area contributed by atoms with Crippen LogP contribution in [0.2, 0.25) is 5.02 Å². The first kappa shape index (κ1) is 20.1. The first-order valence-corrected chi connectivity index (χ1v) is 8.49. The van der Waals surface area contributed by atoms with Crippen LogP contribution in [0.1, 0.15) is 24.8 Å². The van der Waals surface area contributed by atoms with E-state index in [4.69, 9.17) is 21.1 Å². The highest BCUT2D eigenvalue weighted by Gasteiger charge is 2.13. The predicted molar refractivity (Wildman–Crippen MR) is 99.4 cm³/mol. The van der Waals surface area contributed by atoms with E-state index >= 15 is 0 Å². The van der Waals surface area contributed by atoms with Crippen molar-refractivity contribution in [2.24, 2.45) is 0 Å². The van der Waals surface area contributed by atoms with E-state index in [1.807, 2.05) is 19.1 Å². The van der Waals surface area contributed by atoms with Gasteiger partial charge in [-0.3, -0.25) is 9.36 Å². The molecule has 1 aromatic carbocycles. The molecule has 1 amide bonds. The number of rotatable bonds is 8. The number of nitrogens with one attached hydrogen (secondary N) is 1. The molecule has 0 radical (unpaired) electrons. The maximum Gasteiger partial charge on any atom is 0.349 e. The Morgan fingerprint density at radius 3 is 2.46 bits per heavy atom. The molecule has 2 aromatic rings. The maximum absolute atomic E-state index is 12.2. The highest BCUT2D eigenvalue weighted by Crippen LogP contribution is 2.21. The number of methoxy groups -OCH3 is 2. The van der Waals surface area contributed by atoms with Gasteiger partial charge in [0.25, 0.3) is 0 Å². The molecule has 1 aromatic heterocycles. The number of carbonyl (C=O) groups is 1. The van der Waals surface area contributed by atoms with E-state index in [1.54, 1.807) is 24.4 Å². The van der Waals surface area contributed by atoms with Gasteiger partial charge < -0.3 is 14.8 Å². The summed E-state index contributed by atoms with van der Waals surface area (Å²) in [5.74, 6) is 0.00602. The molecule has 0 aliphatic carbocycles. The minimum Gasteiger partial charge on any atom is -0.354 e. The van der Waals surface area contributed by atoms with Gasteiger partial charge in [-0.05, 0) is 29.7 Å². The third-order valence-electron chi connectivity index (χ3n) is 3.94. The summed E-state index contributed by atoms with van der Waals surface area (Å²) in [6.45, 7) is 2.16. The SMILES string of the molecule is COC(Cn1ccc(NC(=O)CC(C)c2ccc(Cl)cc2)nc1=O)OC. The molecule has 140 valence electrons. The molecular weight excluding hydrogens is 358 g/mol. The van der Waals surface area contributed by atoms with Gasteiger partial charge in [0, 0.05) is 31.9 Å². The van der Waals surface area contributed by atoms with Gasteiger partial charge in [0.05, 0.1) is 6.54 Å². The Labute approximate surface area is 156 Å². The summed E-state index contributed by atoms with van der Waals surface area (Å²) in [4.78, 5) is 28.1. The normalized spacial score (nSPS) is 12.2. The molecule has 1 heterocycles. The van der Waals surface area contributed by atoms with Crippen molar-refractivity contribution in [3.8, 4) is 0 Å². The molecule has 0 bridgehead atoms. The summed E-state index contributed by atoms with van der Waals surface area (Å²) in [7, 11) is 2.98. The molecule has 1 unspecified atom stereocenters. The third kappa shape index (κ3) is 5.66. The zero-order chi connectivity index (χ0) is 19.1. The lowest BCUT2D eigenvalue weighted by Crippen LogP contribution is -2.30. The van der Waals surface area contributed by atoms with E-state index in [9.17, 15) is 9.59 Å². The molecule has 8 heteroatoms. The Morgan fingerprint density at radius 1 is 1.23 bits per heavy atom. The molecule has 0 spiro atoms. The summed E-state index contributed by atoms with van der Waals surface area (Å²) >= 11 is 5.87. The Bertz CT molecular complexity index is 788. The van der Waals surface area contributed by atoms with Crippen molar-refractivity contribution in [3.63, 3.8) is 0 Å². The minimum atomic E-state index is -0.546. The van der Waals surface area contributed by atoms with Crippen LogP contribution in [0.5, 0.6) is 0 Å². The highest BCUT2D eigenvalue weighted by atomic mass is 35.5. The fourth-order valence-corrected chi connectivity index (χ4v) is 2.55. The number of halogens is 1. The van der Waals surface area contributed by atoms with Crippen molar-refractivity contribution < 1.29 is 14.3 Å². The summed E-state index contributed by atoms with van der Waals surface area (Å²) in [6.07, 6.45) is 1.26. The molecule has 1 atom stereocenters.